The van der Waals surface area contributed by atoms with E-state index in [1.54, 1.807) is 0 Å². The van der Waals surface area contributed by atoms with Crippen molar-refractivity contribution in [3.8, 4) is 0 Å². The van der Waals surface area contributed by atoms with Gasteiger partial charge in [-0.25, -0.2) is 0 Å². The summed E-state index contributed by atoms with van der Waals surface area (Å²) in [5.74, 6) is 0.879. The molecule has 1 heterocycles. The van der Waals surface area contributed by atoms with Gasteiger partial charge in [-0.1, -0.05) is 0 Å². The van der Waals surface area contributed by atoms with Crippen LogP contribution in [-0.2, 0) is 4.79 Å². The molecule has 0 aromatic heterocycles. The summed E-state index contributed by atoms with van der Waals surface area (Å²) >= 11 is 0. The van der Waals surface area contributed by atoms with Crippen LogP contribution < -0.4 is 5.73 Å². The van der Waals surface area contributed by atoms with Crippen LogP contribution in [0.25, 0.3) is 0 Å². The first-order valence-corrected chi connectivity index (χ1v) is 5.61. The van der Waals surface area contributed by atoms with Crippen LogP contribution in [0.1, 0.15) is 38.5 Å². The SMILES string of the molecule is CN1C(=O)CC(CC2(N)CC2)C12CC2. The summed E-state index contributed by atoms with van der Waals surface area (Å²) in [4.78, 5) is 13.6. The Kier molecular flexibility index (Phi) is 1.45. The van der Waals surface area contributed by atoms with Crippen LogP contribution >= 0.6 is 0 Å². The van der Waals surface area contributed by atoms with Crippen molar-refractivity contribution in [2.45, 2.75) is 49.6 Å². The largest absolute Gasteiger partial charge is 0.340 e. The zero-order valence-electron chi connectivity index (χ0n) is 8.75. The Labute approximate surface area is 84.6 Å². The van der Waals surface area contributed by atoms with Gasteiger partial charge in [-0.2, -0.15) is 0 Å². The molecule has 3 heteroatoms. The minimum Gasteiger partial charge on any atom is -0.340 e. The molecule has 0 aromatic carbocycles. The Bertz CT molecular complexity index is 292. The van der Waals surface area contributed by atoms with Crippen LogP contribution in [0.2, 0.25) is 0 Å². The van der Waals surface area contributed by atoms with Crippen LogP contribution in [0.4, 0.5) is 0 Å². The molecule has 1 atom stereocenters. The van der Waals surface area contributed by atoms with E-state index in [0.717, 1.165) is 25.7 Å². The number of nitrogens with two attached hydrogens (primary N) is 1. The quantitative estimate of drug-likeness (QED) is 0.709. The number of hydrogen-bond donors (Lipinski definition) is 1. The standard InChI is InChI=1S/C11H18N2O/c1-13-9(14)6-8(11(13)4-5-11)7-10(12)2-3-10/h8H,2-7,12H2,1H3. The average Bonchev–Trinajstić information content (AvgIpc) is 2.98. The molecule has 0 bridgehead atoms. The highest BCUT2D eigenvalue weighted by atomic mass is 16.2. The fraction of sp³-hybridized carbons (Fsp3) is 0.909. The molecule has 78 valence electrons. The molecule has 1 unspecified atom stereocenters. The summed E-state index contributed by atoms with van der Waals surface area (Å²) in [5, 5.41) is 0. The lowest BCUT2D eigenvalue weighted by molar-refractivity contribution is -0.128. The maximum Gasteiger partial charge on any atom is 0.223 e. The van der Waals surface area contributed by atoms with Gasteiger partial charge in [-0.05, 0) is 38.0 Å². The van der Waals surface area contributed by atoms with Gasteiger partial charge in [0.25, 0.3) is 0 Å². The molecular weight excluding hydrogens is 176 g/mol. The molecular formula is C11H18N2O. The predicted octanol–water partition coefficient (Wildman–Crippen LogP) is 0.879. The van der Waals surface area contributed by atoms with Crippen LogP contribution in [0, 0.1) is 5.92 Å². The van der Waals surface area contributed by atoms with Crippen molar-refractivity contribution < 1.29 is 4.79 Å². The summed E-state index contributed by atoms with van der Waals surface area (Å²) < 4.78 is 0. The summed E-state index contributed by atoms with van der Waals surface area (Å²) in [6, 6.07) is 0. The Hall–Kier alpha value is -0.570. The third-order valence-electron chi connectivity index (χ3n) is 4.53. The highest BCUT2D eigenvalue weighted by Crippen LogP contribution is 2.57. The summed E-state index contributed by atoms with van der Waals surface area (Å²) in [7, 11) is 1.96. The molecule has 1 amide bonds. The molecule has 0 radical (unpaired) electrons. The van der Waals surface area contributed by atoms with Gasteiger partial charge < -0.3 is 10.6 Å². The van der Waals surface area contributed by atoms with E-state index in [0.29, 0.717) is 11.8 Å². The first kappa shape index (κ1) is 8.72. The van der Waals surface area contributed by atoms with Gasteiger partial charge in [-0.3, -0.25) is 4.79 Å². The summed E-state index contributed by atoms with van der Waals surface area (Å²) in [6.45, 7) is 0. The average molecular weight is 194 g/mol. The van der Waals surface area contributed by atoms with E-state index in [9.17, 15) is 4.79 Å². The Morgan fingerprint density at radius 3 is 2.57 bits per heavy atom. The smallest absolute Gasteiger partial charge is 0.223 e. The van der Waals surface area contributed by atoms with Crippen LogP contribution in [0.15, 0.2) is 0 Å². The molecule has 3 rings (SSSR count). The van der Waals surface area contributed by atoms with E-state index >= 15 is 0 Å². The van der Waals surface area contributed by atoms with E-state index in [4.69, 9.17) is 5.73 Å². The number of nitrogens with zero attached hydrogens (tertiary/aromatic N) is 1. The second-order valence-electron chi connectivity index (χ2n) is 5.52. The van der Waals surface area contributed by atoms with Crippen molar-refractivity contribution in [3.05, 3.63) is 0 Å². The molecule has 3 nitrogen and oxygen atoms in total. The topological polar surface area (TPSA) is 46.3 Å². The van der Waals surface area contributed by atoms with Gasteiger partial charge in [-0.15, -0.1) is 0 Å². The fourth-order valence-electron chi connectivity index (χ4n) is 3.05. The van der Waals surface area contributed by atoms with Crippen LogP contribution in [0.3, 0.4) is 0 Å². The molecule has 3 aliphatic rings. The molecule has 1 aliphatic heterocycles. The van der Waals surface area contributed by atoms with Crippen molar-refractivity contribution in [2.75, 3.05) is 7.05 Å². The van der Waals surface area contributed by atoms with Gasteiger partial charge in [0.15, 0.2) is 0 Å². The Morgan fingerprint density at radius 1 is 1.43 bits per heavy atom. The maximum absolute atomic E-state index is 11.6. The van der Waals surface area contributed by atoms with Crippen LogP contribution in [-0.4, -0.2) is 28.9 Å². The third-order valence-corrected chi connectivity index (χ3v) is 4.53. The lowest BCUT2D eigenvalue weighted by atomic mass is 9.89. The second kappa shape index (κ2) is 2.32. The van der Waals surface area contributed by atoms with Crippen molar-refractivity contribution >= 4 is 5.91 Å². The van der Waals surface area contributed by atoms with Crippen LogP contribution in [0.5, 0.6) is 0 Å². The summed E-state index contributed by atoms with van der Waals surface area (Å²) in [5.41, 5.74) is 6.48. The molecule has 1 saturated heterocycles. The fourth-order valence-corrected chi connectivity index (χ4v) is 3.05. The van der Waals surface area contributed by atoms with Gasteiger partial charge in [0, 0.05) is 24.5 Å². The van der Waals surface area contributed by atoms with Crippen molar-refractivity contribution in [1.29, 1.82) is 0 Å². The number of likely N-dealkylation sites (tertiary alicyclic amines) is 1. The van der Waals surface area contributed by atoms with Crippen molar-refractivity contribution in [2.24, 2.45) is 11.7 Å². The number of hydrogen-bond acceptors (Lipinski definition) is 2. The second-order valence-corrected chi connectivity index (χ2v) is 5.52. The Balaban J connectivity index is 1.77. The number of carbonyl (C=O) groups is 1. The molecule has 2 aliphatic carbocycles. The Morgan fingerprint density at radius 2 is 2.07 bits per heavy atom. The van der Waals surface area contributed by atoms with Gasteiger partial charge in [0.05, 0.1) is 0 Å². The van der Waals surface area contributed by atoms with E-state index in [1.807, 2.05) is 11.9 Å². The maximum atomic E-state index is 11.6. The van der Waals surface area contributed by atoms with E-state index in [-0.39, 0.29) is 11.1 Å². The van der Waals surface area contributed by atoms with Gasteiger partial charge >= 0.3 is 0 Å². The first-order valence-electron chi connectivity index (χ1n) is 5.61. The van der Waals surface area contributed by atoms with Crippen molar-refractivity contribution in [1.82, 2.24) is 4.90 Å². The summed E-state index contributed by atoms with van der Waals surface area (Å²) in [6.07, 6.45) is 6.56. The first-order chi connectivity index (χ1) is 6.56. The zero-order chi connectivity index (χ0) is 9.97. The number of rotatable bonds is 2. The van der Waals surface area contributed by atoms with Crippen molar-refractivity contribution in [3.63, 3.8) is 0 Å². The van der Waals surface area contributed by atoms with Gasteiger partial charge in [0.1, 0.15) is 0 Å². The zero-order valence-corrected chi connectivity index (χ0v) is 8.75. The minimum absolute atomic E-state index is 0.103. The normalized spacial score (nSPS) is 36.6. The number of carbonyl (C=O) groups excluding carboxylic acids is 1. The molecule has 2 N–H and O–H groups in total. The molecule has 3 fully saturated rings. The molecule has 0 aromatic rings. The van der Waals surface area contributed by atoms with E-state index in [2.05, 4.69) is 0 Å². The lowest BCUT2D eigenvalue weighted by Gasteiger charge is -2.26. The number of amides is 1. The monoisotopic (exact) mass is 194 g/mol. The molecule has 14 heavy (non-hydrogen) atoms. The highest BCUT2D eigenvalue weighted by Gasteiger charge is 2.60. The predicted molar refractivity (Wildman–Crippen MR) is 53.6 cm³/mol. The van der Waals surface area contributed by atoms with Gasteiger partial charge in [0.2, 0.25) is 5.91 Å². The van der Waals surface area contributed by atoms with E-state index in [1.165, 1.54) is 12.8 Å². The molecule has 1 spiro atoms. The van der Waals surface area contributed by atoms with E-state index < -0.39 is 0 Å². The lowest BCUT2D eigenvalue weighted by Crippen LogP contribution is -2.36. The minimum atomic E-state index is 0.103. The highest BCUT2D eigenvalue weighted by molar-refractivity contribution is 5.80. The molecule has 2 saturated carbocycles. The third kappa shape index (κ3) is 1.05.